The number of aliphatic hydroxyl groups is 1. The number of rotatable bonds is 4. The fraction of sp³-hybridized carbons (Fsp3) is 0.923. The van der Waals surface area contributed by atoms with Gasteiger partial charge in [0.05, 0.1) is 25.9 Å². The van der Waals surface area contributed by atoms with Crippen LogP contribution in [0.3, 0.4) is 0 Å². The van der Waals surface area contributed by atoms with Crippen LogP contribution in [0.25, 0.3) is 0 Å². The van der Waals surface area contributed by atoms with Crippen LogP contribution in [0.4, 0.5) is 0 Å². The van der Waals surface area contributed by atoms with Crippen LogP contribution in [0, 0.1) is 5.92 Å². The van der Waals surface area contributed by atoms with Gasteiger partial charge in [-0.25, -0.2) is 0 Å². The molecule has 1 aliphatic heterocycles. The van der Waals surface area contributed by atoms with Crippen molar-refractivity contribution >= 4 is 5.91 Å². The predicted molar refractivity (Wildman–Crippen MR) is 68.2 cm³/mol. The number of amides is 1. The molecule has 1 saturated carbocycles. The van der Waals surface area contributed by atoms with E-state index in [9.17, 15) is 9.90 Å². The molecule has 0 radical (unpaired) electrons. The van der Waals surface area contributed by atoms with Crippen molar-refractivity contribution in [3.63, 3.8) is 0 Å². The molecule has 0 spiro atoms. The van der Waals surface area contributed by atoms with Crippen molar-refractivity contribution in [1.29, 1.82) is 0 Å². The van der Waals surface area contributed by atoms with Gasteiger partial charge in [-0.15, -0.1) is 0 Å². The summed E-state index contributed by atoms with van der Waals surface area (Å²) in [6.45, 7) is 3.82. The summed E-state index contributed by atoms with van der Waals surface area (Å²) in [5, 5.41) is 13.0. The zero-order chi connectivity index (χ0) is 12.8. The zero-order valence-electron chi connectivity index (χ0n) is 10.9. The number of carbonyl (C=O) groups is 1. The molecule has 0 bridgehead atoms. The van der Waals surface area contributed by atoms with Crippen molar-refractivity contribution in [1.82, 2.24) is 10.2 Å². The molecule has 2 fully saturated rings. The highest BCUT2D eigenvalue weighted by Gasteiger charge is 2.23. The summed E-state index contributed by atoms with van der Waals surface area (Å²) in [5.74, 6) is 0.458. The first kappa shape index (κ1) is 13.8. The van der Waals surface area contributed by atoms with Gasteiger partial charge in [-0.1, -0.05) is 12.8 Å². The molecule has 2 N–H and O–H groups in total. The molecular weight excluding hydrogens is 232 g/mol. The van der Waals surface area contributed by atoms with Crippen LogP contribution in [0.15, 0.2) is 0 Å². The normalized spacial score (nSPS) is 29.3. The molecule has 2 rings (SSSR count). The van der Waals surface area contributed by atoms with Gasteiger partial charge in [-0.3, -0.25) is 4.79 Å². The van der Waals surface area contributed by atoms with Crippen molar-refractivity contribution in [2.45, 2.75) is 31.8 Å². The monoisotopic (exact) mass is 256 g/mol. The van der Waals surface area contributed by atoms with Gasteiger partial charge in [0.2, 0.25) is 5.91 Å². The van der Waals surface area contributed by atoms with Crippen LogP contribution in [0.5, 0.6) is 0 Å². The summed E-state index contributed by atoms with van der Waals surface area (Å²) in [6.07, 6.45) is 4.11. The Labute approximate surface area is 108 Å². The molecule has 1 saturated heterocycles. The van der Waals surface area contributed by atoms with Crippen LogP contribution >= 0.6 is 0 Å². The lowest BCUT2D eigenvalue weighted by molar-refractivity contribution is -0.134. The molecule has 0 aromatic carbocycles. The minimum Gasteiger partial charge on any atom is -0.393 e. The Morgan fingerprint density at radius 3 is 2.72 bits per heavy atom. The third-order valence-corrected chi connectivity index (χ3v) is 3.92. The van der Waals surface area contributed by atoms with E-state index < -0.39 is 0 Å². The van der Waals surface area contributed by atoms with E-state index in [0.717, 1.165) is 25.8 Å². The van der Waals surface area contributed by atoms with Crippen LogP contribution in [0.2, 0.25) is 0 Å². The van der Waals surface area contributed by atoms with E-state index in [0.29, 0.717) is 38.8 Å². The van der Waals surface area contributed by atoms with Crippen molar-refractivity contribution in [3.05, 3.63) is 0 Å². The number of carbonyl (C=O) groups excluding carboxylic acids is 1. The Morgan fingerprint density at radius 2 is 2.00 bits per heavy atom. The van der Waals surface area contributed by atoms with Gasteiger partial charge in [0.1, 0.15) is 0 Å². The van der Waals surface area contributed by atoms with Gasteiger partial charge >= 0.3 is 0 Å². The Kier molecular flexibility index (Phi) is 5.41. The molecule has 104 valence electrons. The first-order chi connectivity index (χ1) is 8.77. The number of morpholine rings is 1. The van der Waals surface area contributed by atoms with E-state index >= 15 is 0 Å². The number of nitrogens with one attached hydrogen (secondary N) is 1. The second-order valence-corrected chi connectivity index (χ2v) is 5.24. The second kappa shape index (κ2) is 7.07. The Bertz CT molecular complexity index is 267. The summed E-state index contributed by atoms with van der Waals surface area (Å²) in [7, 11) is 0. The molecule has 1 amide bonds. The largest absolute Gasteiger partial charge is 0.393 e. The first-order valence-electron chi connectivity index (χ1n) is 7.01. The van der Waals surface area contributed by atoms with Crippen LogP contribution in [-0.4, -0.2) is 61.4 Å². The average molecular weight is 256 g/mol. The molecule has 5 heteroatoms. The third kappa shape index (κ3) is 3.93. The van der Waals surface area contributed by atoms with E-state index in [4.69, 9.17) is 4.74 Å². The predicted octanol–water partition coefficient (Wildman–Crippen LogP) is -0.0141. The van der Waals surface area contributed by atoms with Gasteiger partial charge in [0.25, 0.3) is 0 Å². The summed E-state index contributed by atoms with van der Waals surface area (Å²) >= 11 is 0. The minimum absolute atomic E-state index is 0.142. The van der Waals surface area contributed by atoms with Crippen molar-refractivity contribution in [2.24, 2.45) is 5.92 Å². The van der Waals surface area contributed by atoms with E-state index in [1.807, 2.05) is 4.90 Å². The second-order valence-electron chi connectivity index (χ2n) is 5.24. The molecule has 1 heterocycles. The maximum atomic E-state index is 11.9. The molecule has 2 unspecified atom stereocenters. The van der Waals surface area contributed by atoms with Crippen LogP contribution in [-0.2, 0) is 9.53 Å². The highest BCUT2D eigenvalue weighted by molar-refractivity contribution is 5.78. The highest BCUT2D eigenvalue weighted by atomic mass is 16.5. The van der Waals surface area contributed by atoms with Gasteiger partial charge < -0.3 is 20.1 Å². The molecular formula is C13H24N2O3. The number of aliphatic hydroxyl groups excluding tert-OH is 1. The fourth-order valence-corrected chi connectivity index (χ4v) is 2.72. The van der Waals surface area contributed by atoms with E-state index in [1.54, 1.807) is 0 Å². The highest BCUT2D eigenvalue weighted by Crippen LogP contribution is 2.23. The summed E-state index contributed by atoms with van der Waals surface area (Å²) in [4.78, 5) is 13.7. The number of hydrogen-bond acceptors (Lipinski definition) is 4. The minimum atomic E-state index is -0.190. The standard InChI is InChI=1S/C13H24N2O3/c16-12-4-2-1-3-11(12)9-14-10-13(17)15-5-7-18-8-6-15/h11-12,14,16H,1-10H2. The first-order valence-corrected chi connectivity index (χ1v) is 7.01. The summed E-state index contributed by atoms with van der Waals surface area (Å²) in [5.41, 5.74) is 0. The summed E-state index contributed by atoms with van der Waals surface area (Å²) < 4.78 is 5.22. The molecule has 0 aromatic rings. The van der Waals surface area contributed by atoms with E-state index in [-0.39, 0.29) is 12.0 Å². The lowest BCUT2D eigenvalue weighted by Gasteiger charge is -2.29. The average Bonchev–Trinajstić information content (AvgIpc) is 2.42. The van der Waals surface area contributed by atoms with E-state index in [2.05, 4.69) is 5.32 Å². The molecule has 2 aliphatic rings. The molecule has 0 aromatic heterocycles. The zero-order valence-corrected chi connectivity index (χ0v) is 10.9. The van der Waals surface area contributed by atoms with Crippen molar-refractivity contribution in [3.8, 4) is 0 Å². The summed E-state index contributed by atoms with van der Waals surface area (Å²) in [6, 6.07) is 0. The van der Waals surface area contributed by atoms with Crippen molar-refractivity contribution in [2.75, 3.05) is 39.4 Å². The van der Waals surface area contributed by atoms with Gasteiger partial charge in [0.15, 0.2) is 0 Å². The van der Waals surface area contributed by atoms with Gasteiger partial charge in [-0.2, -0.15) is 0 Å². The lowest BCUT2D eigenvalue weighted by atomic mass is 9.86. The smallest absolute Gasteiger partial charge is 0.236 e. The number of hydrogen-bond donors (Lipinski definition) is 2. The Balaban J connectivity index is 1.63. The molecule has 5 nitrogen and oxygen atoms in total. The Hall–Kier alpha value is -0.650. The van der Waals surface area contributed by atoms with Crippen molar-refractivity contribution < 1.29 is 14.6 Å². The van der Waals surface area contributed by atoms with Gasteiger partial charge in [-0.05, 0) is 18.8 Å². The van der Waals surface area contributed by atoms with E-state index in [1.165, 1.54) is 6.42 Å². The Morgan fingerprint density at radius 1 is 1.28 bits per heavy atom. The topological polar surface area (TPSA) is 61.8 Å². The maximum Gasteiger partial charge on any atom is 0.236 e. The van der Waals surface area contributed by atoms with Gasteiger partial charge in [0, 0.05) is 19.6 Å². The number of nitrogens with zero attached hydrogens (tertiary/aromatic N) is 1. The molecule has 18 heavy (non-hydrogen) atoms. The SMILES string of the molecule is O=C(CNCC1CCCCC1O)N1CCOCC1. The number of ether oxygens (including phenoxy) is 1. The third-order valence-electron chi connectivity index (χ3n) is 3.92. The fourth-order valence-electron chi connectivity index (χ4n) is 2.72. The van der Waals surface area contributed by atoms with Crippen LogP contribution in [0.1, 0.15) is 25.7 Å². The molecule has 1 aliphatic carbocycles. The lowest BCUT2D eigenvalue weighted by Crippen LogP contribution is -2.46. The molecule has 2 atom stereocenters. The maximum absolute atomic E-state index is 11.9. The van der Waals surface area contributed by atoms with Crippen LogP contribution < -0.4 is 5.32 Å². The quantitative estimate of drug-likeness (QED) is 0.742.